The van der Waals surface area contributed by atoms with Crippen LogP contribution in [0.4, 0.5) is 4.79 Å². The standard InChI is InChI=1S/C14H28N2O2/c1-14(2,3)18-13(17)16(4)10-8-12-7-5-6-9-15-11-12/h12,15H,5-11H2,1-4H3. The predicted octanol–water partition coefficient (Wildman–Crippen LogP) is 2.63. The third-order valence-corrected chi connectivity index (χ3v) is 3.23. The van der Waals surface area contributed by atoms with Gasteiger partial charge in [-0.2, -0.15) is 0 Å². The molecule has 0 aliphatic carbocycles. The van der Waals surface area contributed by atoms with Gasteiger partial charge >= 0.3 is 6.09 Å². The summed E-state index contributed by atoms with van der Waals surface area (Å²) >= 11 is 0. The first-order chi connectivity index (χ1) is 8.38. The van der Waals surface area contributed by atoms with Crippen LogP contribution in [0.3, 0.4) is 0 Å². The molecule has 0 aromatic heterocycles. The average Bonchev–Trinajstić information content (AvgIpc) is 2.51. The highest BCUT2D eigenvalue weighted by Gasteiger charge is 2.20. The number of amides is 1. The molecule has 1 amide bonds. The molecule has 0 radical (unpaired) electrons. The summed E-state index contributed by atoms with van der Waals surface area (Å²) in [5, 5.41) is 3.45. The van der Waals surface area contributed by atoms with Crippen molar-refractivity contribution in [3.63, 3.8) is 0 Å². The van der Waals surface area contributed by atoms with E-state index in [0.29, 0.717) is 5.92 Å². The maximum absolute atomic E-state index is 11.8. The van der Waals surface area contributed by atoms with Gasteiger partial charge in [0.1, 0.15) is 5.60 Å². The SMILES string of the molecule is CN(CCC1CCCCNC1)C(=O)OC(C)(C)C. The third kappa shape index (κ3) is 6.24. The van der Waals surface area contributed by atoms with Gasteiger partial charge in [-0.05, 0) is 59.0 Å². The molecular weight excluding hydrogens is 228 g/mol. The highest BCUT2D eigenvalue weighted by molar-refractivity contribution is 5.67. The zero-order valence-electron chi connectivity index (χ0n) is 12.3. The number of nitrogens with one attached hydrogen (secondary N) is 1. The number of nitrogens with zero attached hydrogens (tertiary/aromatic N) is 1. The number of hydrogen-bond acceptors (Lipinski definition) is 3. The second-order valence-corrected chi connectivity index (χ2v) is 6.26. The Morgan fingerprint density at radius 2 is 2.11 bits per heavy atom. The lowest BCUT2D eigenvalue weighted by atomic mass is 10.00. The summed E-state index contributed by atoms with van der Waals surface area (Å²) < 4.78 is 5.34. The summed E-state index contributed by atoms with van der Waals surface area (Å²) in [4.78, 5) is 13.5. The van der Waals surface area contributed by atoms with Gasteiger partial charge in [-0.25, -0.2) is 4.79 Å². The molecule has 0 aromatic rings. The van der Waals surface area contributed by atoms with Crippen molar-refractivity contribution in [1.29, 1.82) is 0 Å². The quantitative estimate of drug-likeness (QED) is 0.844. The number of carbonyl (C=O) groups excluding carboxylic acids is 1. The highest BCUT2D eigenvalue weighted by atomic mass is 16.6. The van der Waals surface area contributed by atoms with Gasteiger partial charge in [0.15, 0.2) is 0 Å². The molecule has 1 heterocycles. The third-order valence-electron chi connectivity index (χ3n) is 3.23. The van der Waals surface area contributed by atoms with Crippen LogP contribution in [0.25, 0.3) is 0 Å². The molecule has 0 bridgehead atoms. The summed E-state index contributed by atoms with van der Waals surface area (Å²) in [5.74, 6) is 0.692. The molecule has 106 valence electrons. The molecule has 1 aliphatic heterocycles. The minimum absolute atomic E-state index is 0.218. The Bertz CT molecular complexity index is 253. The molecule has 4 heteroatoms. The van der Waals surface area contributed by atoms with Gasteiger partial charge in [0, 0.05) is 13.6 Å². The fourth-order valence-electron chi connectivity index (χ4n) is 2.15. The molecule has 1 rings (SSSR count). The van der Waals surface area contributed by atoms with Crippen LogP contribution in [0.1, 0.15) is 46.5 Å². The Morgan fingerprint density at radius 3 is 2.78 bits per heavy atom. The molecule has 1 aliphatic rings. The van der Waals surface area contributed by atoms with Gasteiger partial charge in [-0.3, -0.25) is 0 Å². The fraction of sp³-hybridized carbons (Fsp3) is 0.929. The summed E-state index contributed by atoms with van der Waals surface area (Å²) in [6.45, 7) is 8.69. The van der Waals surface area contributed by atoms with Gasteiger partial charge < -0.3 is 15.0 Å². The van der Waals surface area contributed by atoms with Gasteiger partial charge in [0.2, 0.25) is 0 Å². The predicted molar refractivity (Wildman–Crippen MR) is 73.7 cm³/mol. The monoisotopic (exact) mass is 256 g/mol. The minimum Gasteiger partial charge on any atom is -0.444 e. The molecule has 1 saturated heterocycles. The van der Waals surface area contributed by atoms with Crippen LogP contribution in [-0.2, 0) is 4.74 Å². The van der Waals surface area contributed by atoms with Crippen molar-refractivity contribution in [3.8, 4) is 0 Å². The number of hydrogen-bond donors (Lipinski definition) is 1. The Balaban J connectivity index is 2.26. The molecule has 0 aromatic carbocycles. The molecule has 0 spiro atoms. The number of ether oxygens (including phenoxy) is 1. The zero-order chi connectivity index (χ0) is 13.6. The molecule has 4 nitrogen and oxygen atoms in total. The van der Waals surface area contributed by atoms with Crippen molar-refractivity contribution in [2.45, 2.75) is 52.1 Å². The summed E-state index contributed by atoms with van der Waals surface area (Å²) in [6.07, 6.45) is 4.69. The lowest BCUT2D eigenvalue weighted by Gasteiger charge is -2.25. The first-order valence-corrected chi connectivity index (χ1v) is 7.03. The lowest BCUT2D eigenvalue weighted by molar-refractivity contribution is 0.0290. The van der Waals surface area contributed by atoms with E-state index in [4.69, 9.17) is 4.74 Å². The number of rotatable bonds is 3. The molecule has 0 saturated carbocycles. The zero-order valence-corrected chi connectivity index (χ0v) is 12.3. The second-order valence-electron chi connectivity index (χ2n) is 6.26. The Kier molecular flexibility index (Phi) is 5.93. The molecule has 1 atom stereocenters. The molecule has 1 fully saturated rings. The van der Waals surface area contributed by atoms with Crippen molar-refractivity contribution in [2.24, 2.45) is 5.92 Å². The Labute approximate surface area is 111 Å². The largest absolute Gasteiger partial charge is 0.444 e. The van der Waals surface area contributed by atoms with E-state index < -0.39 is 5.60 Å². The Hall–Kier alpha value is -0.770. The van der Waals surface area contributed by atoms with Gasteiger partial charge in [0.25, 0.3) is 0 Å². The first-order valence-electron chi connectivity index (χ1n) is 7.03. The van der Waals surface area contributed by atoms with Crippen LogP contribution in [0, 0.1) is 5.92 Å². The smallest absolute Gasteiger partial charge is 0.410 e. The van der Waals surface area contributed by atoms with Crippen LogP contribution in [0.2, 0.25) is 0 Å². The van der Waals surface area contributed by atoms with Gasteiger partial charge in [0.05, 0.1) is 0 Å². The fourth-order valence-corrected chi connectivity index (χ4v) is 2.15. The van der Waals surface area contributed by atoms with Crippen molar-refractivity contribution < 1.29 is 9.53 Å². The van der Waals surface area contributed by atoms with E-state index in [-0.39, 0.29) is 6.09 Å². The van der Waals surface area contributed by atoms with Crippen LogP contribution < -0.4 is 5.32 Å². The van der Waals surface area contributed by atoms with Crippen LogP contribution in [0.15, 0.2) is 0 Å². The lowest BCUT2D eigenvalue weighted by Crippen LogP contribution is -2.35. The maximum atomic E-state index is 11.8. The summed E-state index contributed by atoms with van der Waals surface area (Å²) in [7, 11) is 1.82. The van der Waals surface area contributed by atoms with Crippen molar-refractivity contribution in [1.82, 2.24) is 10.2 Å². The van der Waals surface area contributed by atoms with E-state index >= 15 is 0 Å². The molecule has 1 unspecified atom stereocenters. The molecule has 1 N–H and O–H groups in total. The van der Waals surface area contributed by atoms with Crippen LogP contribution in [-0.4, -0.2) is 43.3 Å². The first kappa shape index (κ1) is 15.3. The topological polar surface area (TPSA) is 41.6 Å². The van der Waals surface area contributed by atoms with E-state index in [1.807, 2.05) is 27.8 Å². The average molecular weight is 256 g/mol. The molecular formula is C14H28N2O2. The maximum Gasteiger partial charge on any atom is 0.410 e. The second kappa shape index (κ2) is 6.98. The highest BCUT2D eigenvalue weighted by Crippen LogP contribution is 2.16. The van der Waals surface area contributed by atoms with Gasteiger partial charge in [-0.1, -0.05) is 6.42 Å². The van der Waals surface area contributed by atoms with Gasteiger partial charge in [-0.15, -0.1) is 0 Å². The normalized spacial score (nSPS) is 21.2. The van der Waals surface area contributed by atoms with Crippen molar-refractivity contribution >= 4 is 6.09 Å². The van der Waals surface area contributed by atoms with Crippen molar-refractivity contribution in [2.75, 3.05) is 26.7 Å². The van der Waals surface area contributed by atoms with E-state index in [0.717, 1.165) is 26.1 Å². The van der Waals surface area contributed by atoms with Crippen LogP contribution >= 0.6 is 0 Å². The van der Waals surface area contributed by atoms with Crippen molar-refractivity contribution in [3.05, 3.63) is 0 Å². The molecule has 18 heavy (non-hydrogen) atoms. The minimum atomic E-state index is -0.408. The summed E-state index contributed by atoms with van der Waals surface area (Å²) in [5.41, 5.74) is -0.408. The number of carbonyl (C=O) groups is 1. The summed E-state index contributed by atoms with van der Waals surface area (Å²) in [6, 6.07) is 0. The Morgan fingerprint density at radius 1 is 1.39 bits per heavy atom. The van der Waals surface area contributed by atoms with E-state index in [9.17, 15) is 4.79 Å². The van der Waals surface area contributed by atoms with Crippen LogP contribution in [0.5, 0.6) is 0 Å². The van der Waals surface area contributed by atoms with E-state index in [2.05, 4.69) is 5.32 Å². The van der Waals surface area contributed by atoms with E-state index in [1.165, 1.54) is 19.3 Å². The van der Waals surface area contributed by atoms with E-state index in [1.54, 1.807) is 4.90 Å².